The molecule has 0 radical (unpaired) electrons. The fourth-order valence-electron chi connectivity index (χ4n) is 1.36. The van der Waals surface area contributed by atoms with E-state index in [0.29, 0.717) is 13.2 Å². The van der Waals surface area contributed by atoms with Gasteiger partial charge in [-0.2, -0.15) is 0 Å². The summed E-state index contributed by atoms with van der Waals surface area (Å²) in [5.74, 6) is 0. The lowest BCUT2D eigenvalue weighted by Crippen LogP contribution is -2.36. The molecule has 0 spiro atoms. The molecule has 2 N–H and O–H groups in total. The molecule has 0 aromatic rings. The van der Waals surface area contributed by atoms with Crippen LogP contribution in [0.3, 0.4) is 0 Å². The maximum absolute atomic E-state index is 5.37. The van der Waals surface area contributed by atoms with Gasteiger partial charge in [-0.15, -0.1) is 0 Å². The van der Waals surface area contributed by atoms with Crippen LogP contribution >= 0.6 is 12.2 Å². The quantitative estimate of drug-likeness (QED) is 0.394. The third-order valence-electron chi connectivity index (χ3n) is 2.39. The first-order valence-corrected chi connectivity index (χ1v) is 7.38. The molecular weight excluding hydrogens is 264 g/mol. The molecule has 0 rings (SSSR count). The van der Waals surface area contributed by atoms with Gasteiger partial charge in [-0.05, 0) is 38.4 Å². The second-order valence-electron chi connectivity index (χ2n) is 4.05. The van der Waals surface area contributed by atoms with Gasteiger partial charge < -0.3 is 24.8 Å². The molecule has 19 heavy (non-hydrogen) atoms. The minimum absolute atomic E-state index is 0.661. The second kappa shape index (κ2) is 15.6. The molecule has 0 saturated heterocycles. The maximum atomic E-state index is 5.37. The van der Waals surface area contributed by atoms with Crippen LogP contribution in [0.15, 0.2) is 0 Å². The van der Waals surface area contributed by atoms with Crippen molar-refractivity contribution in [1.82, 2.24) is 10.6 Å². The molecule has 0 bridgehead atoms. The van der Waals surface area contributed by atoms with E-state index in [1.807, 2.05) is 6.92 Å². The van der Waals surface area contributed by atoms with E-state index in [2.05, 4.69) is 10.6 Å². The molecule has 0 aliphatic carbocycles. The predicted octanol–water partition coefficient (Wildman–Crippen LogP) is 1.32. The summed E-state index contributed by atoms with van der Waals surface area (Å²) in [7, 11) is 1.68. The lowest BCUT2D eigenvalue weighted by Gasteiger charge is -2.10. The van der Waals surface area contributed by atoms with Crippen molar-refractivity contribution in [2.24, 2.45) is 0 Å². The van der Waals surface area contributed by atoms with E-state index in [1.165, 1.54) is 0 Å². The van der Waals surface area contributed by atoms with Crippen LogP contribution in [0.1, 0.15) is 26.2 Å². The van der Waals surface area contributed by atoms with Crippen molar-refractivity contribution < 1.29 is 14.2 Å². The molecule has 0 aliphatic heterocycles. The van der Waals surface area contributed by atoms with Gasteiger partial charge in [0.2, 0.25) is 0 Å². The van der Waals surface area contributed by atoms with Crippen LogP contribution < -0.4 is 10.6 Å². The Morgan fingerprint density at radius 2 is 1.58 bits per heavy atom. The molecular formula is C13H28N2O3S. The van der Waals surface area contributed by atoms with Crippen LogP contribution in [0.25, 0.3) is 0 Å². The van der Waals surface area contributed by atoms with Gasteiger partial charge in [0.25, 0.3) is 0 Å². The highest BCUT2D eigenvalue weighted by Crippen LogP contribution is 1.89. The number of unbranched alkanes of at least 4 members (excludes halogenated alkanes) is 1. The number of hydrogen-bond donors (Lipinski definition) is 2. The van der Waals surface area contributed by atoms with Crippen LogP contribution in [0.5, 0.6) is 0 Å². The van der Waals surface area contributed by atoms with E-state index in [-0.39, 0.29) is 0 Å². The summed E-state index contributed by atoms with van der Waals surface area (Å²) in [6, 6.07) is 0. The Kier molecular flexibility index (Phi) is 15.3. The summed E-state index contributed by atoms with van der Waals surface area (Å²) in [5.41, 5.74) is 0. The number of rotatable bonds is 13. The maximum Gasteiger partial charge on any atom is 0.166 e. The number of thiocarbonyl (C=S) groups is 1. The van der Waals surface area contributed by atoms with Gasteiger partial charge in [-0.3, -0.25) is 0 Å². The van der Waals surface area contributed by atoms with E-state index in [9.17, 15) is 0 Å². The first-order valence-electron chi connectivity index (χ1n) is 6.97. The van der Waals surface area contributed by atoms with Crippen molar-refractivity contribution >= 4 is 17.3 Å². The average Bonchev–Trinajstić information content (AvgIpc) is 2.41. The van der Waals surface area contributed by atoms with E-state index >= 15 is 0 Å². The Balaban J connectivity index is 3.12. The predicted molar refractivity (Wildman–Crippen MR) is 81.6 cm³/mol. The average molecular weight is 292 g/mol. The highest BCUT2D eigenvalue weighted by Gasteiger charge is 1.95. The van der Waals surface area contributed by atoms with Gasteiger partial charge in [0.15, 0.2) is 5.11 Å². The highest BCUT2D eigenvalue weighted by molar-refractivity contribution is 7.80. The zero-order valence-electron chi connectivity index (χ0n) is 12.2. The van der Waals surface area contributed by atoms with Crippen molar-refractivity contribution in [3.05, 3.63) is 0 Å². The smallest absolute Gasteiger partial charge is 0.166 e. The molecule has 0 aromatic carbocycles. The number of ether oxygens (including phenoxy) is 3. The third-order valence-corrected chi connectivity index (χ3v) is 2.68. The van der Waals surface area contributed by atoms with Crippen molar-refractivity contribution in [1.29, 1.82) is 0 Å². The van der Waals surface area contributed by atoms with Crippen LogP contribution in [-0.2, 0) is 14.2 Å². The molecule has 0 aliphatic rings. The van der Waals surface area contributed by atoms with E-state index < -0.39 is 0 Å². The van der Waals surface area contributed by atoms with Crippen LogP contribution in [0, 0.1) is 0 Å². The summed E-state index contributed by atoms with van der Waals surface area (Å²) in [4.78, 5) is 0. The molecule has 0 amide bonds. The minimum Gasteiger partial charge on any atom is -0.382 e. The Hall–Kier alpha value is -0.430. The van der Waals surface area contributed by atoms with Gasteiger partial charge in [-0.25, -0.2) is 0 Å². The summed E-state index contributed by atoms with van der Waals surface area (Å²) >= 11 is 5.16. The van der Waals surface area contributed by atoms with Crippen LogP contribution in [0.4, 0.5) is 0 Å². The Morgan fingerprint density at radius 1 is 0.895 bits per heavy atom. The third kappa shape index (κ3) is 15.5. The fourth-order valence-corrected chi connectivity index (χ4v) is 1.56. The Labute approximate surface area is 122 Å². The first kappa shape index (κ1) is 18.6. The molecule has 5 nitrogen and oxygen atoms in total. The van der Waals surface area contributed by atoms with Crippen molar-refractivity contribution in [2.75, 3.05) is 53.2 Å². The zero-order chi connectivity index (χ0) is 14.2. The highest BCUT2D eigenvalue weighted by atomic mass is 32.1. The number of nitrogens with one attached hydrogen (secondary N) is 2. The topological polar surface area (TPSA) is 51.8 Å². The van der Waals surface area contributed by atoms with E-state index in [0.717, 1.165) is 57.3 Å². The molecule has 6 heteroatoms. The number of methoxy groups -OCH3 is 1. The largest absolute Gasteiger partial charge is 0.382 e. The molecule has 0 atom stereocenters. The second-order valence-corrected chi connectivity index (χ2v) is 4.45. The lowest BCUT2D eigenvalue weighted by molar-refractivity contribution is 0.0689. The summed E-state index contributed by atoms with van der Waals surface area (Å²) in [6.07, 6.45) is 3.06. The van der Waals surface area contributed by atoms with Crippen molar-refractivity contribution in [3.8, 4) is 0 Å². The summed E-state index contributed by atoms with van der Waals surface area (Å²) in [6.45, 7) is 7.40. The SMILES string of the molecule is CCOCCCNC(=S)NCCCCOCCOC. The lowest BCUT2D eigenvalue weighted by atomic mass is 10.3. The molecule has 0 fully saturated rings. The Morgan fingerprint density at radius 3 is 2.26 bits per heavy atom. The van der Waals surface area contributed by atoms with Crippen LogP contribution in [-0.4, -0.2) is 58.3 Å². The monoisotopic (exact) mass is 292 g/mol. The van der Waals surface area contributed by atoms with Gasteiger partial charge in [0.1, 0.15) is 0 Å². The van der Waals surface area contributed by atoms with Crippen LogP contribution in [0.2, 0.25) is 0 Å². The molecule has 114 valence electrons. The minimum atomic E-state index is 0.661. The van der Waals surface area contributed by atoms with Crippen molar-refractivity contribution in [2.45, 2.75) is 26.2 Å². The van der Waals surface area contributed by atoms with Gasteiger partial charge in [-0.1, -0.05) is 0 Å². The Bertz CT molecular complexity index is 206. The zero-order valence-corrected chi connectivity index (χ0v) is 13.0. The molecule has 0 aromatic heterocycles. The van der Waals surface area contributed by atoms with Crippen molar-refractivity contribution in [3.63, 3.8) is 0 Å². The van der Waals surface area contributed by atoms with Gasteiger partial charge >= 0.3 is 0 Å². The van der Waals surface area contributed by atoms with E-state index in [4.69, 9.17) is 26.4 Å². The normalized spacial score (nSPS) is 10.4. The summed E-state index contributed by atoms with van der Waals surface area (Å²) < 4.78 is 15.5. The fraction of sp³-hybridized carbons (Fsp3) is 0.923. The number of hydrogen-bond acceptors (Lipinski definition) is 4. The van der Waals surface area contributed by atoms with Gasteiger partial charge in [0, 0.05) is 40.0 Å². The molecule has 0 heterocycles. The van der Waals surface area contributed by atoms with Gasteiger partial charge in [0.05, 0.1) is 13.2 Å². The molecule has 0 unspecified atom stereocenters. The first-order chi connectivity index (χ1) is 9.31. The summed E-state index contributed by atoms with van der Waals surface area (Å²) in [5, 5.41) is 7.05. The standard InChI is InChI=1S/C13H28N2O3S/c1-3-17-10-6-8-15-13(19)14-7-4-5-9-18-12-11-16-2/h3-12H2,1-2H3,(H2,14,15,19). The van der Waals surface area contributed by atoms with E-state index in [1.54, 1.807) is 7.11 Å². The molecule has 0 saturated carbocycles.